The van der Waals surface area contributed by atoms with Crippen molar-refractivity contribution in [3.05, 3.63) is 30.4 Å². The van der Waals surface area contributed by atoms with Gasteiger partial charge in [-0.1, -0.05) is 12.2 Å². The quantitative estimate of drug-likeness (QED) is 0.737. The van der Waals surface area contributed by atoms with E-state index in [1.54, 1.807) is 24.5 Å². The Bertz CT molecular complexity index is 383. The zero-order valence-corrected chi connectivity index (χ0v) is 9.81. The number of carbonyl (C=O) groups excluding carboxylic acids is 1. The van der Waals surface area contributed by atoms with Gasteiger partial charge in [0, 0.05) is 32.9 Å². The van der Waals surface area contributed by atoms with Gasteiger partial charge in [-0.15, -0.1) is 0 Å². The molecule has 16 heavy (non-hydrogen) atoms. The summed E-state index contributed by atoms with van der Waals surface area (Å²) >= 11 is 0. The fourth-order valence-corrected chi connectivity index (χ4v) is 1.41. The van der Waals surface area contributed by atoms with Gasteiger partial charge >= 0.3 is 0 Å². The number of aromatic nitrogens is 2. The molecule has 0 aliphatic heterocycles. The van der Waals surface area contributed by atoms with Gasteiger partial charge in [-0.05, 0) is 6.92 Å². The van der Waals surface area contributed by atoms with Crippen LogP contribution in [0.5, 0.6) is 0 Å². The second-order valence-electron chi connectivity index (χ2n) is 3.90. The van der Waals surface area contributed by atoms with E-state index in [1.165, 1.54) is 0 Å². The van der Waals surface area contributed by atoms with Crippen molar-refractivity contribution in [2.75, 3.05) is 20.1 Å². The Morgan fingerprint density at radius 2 is 2.38 bits per heavy atom. The van der Waals surface area contributed by atoms with Crippen molar-refractivity contribution in [3.63, 3.8) is 0 Å². The molecule has 2 N–H and O–H groups in total. The Morgan fingerprint density at radius 1 is 1.69 bits per heavy atom. The summed E-state index contributed by atoms with van der Waals surface area (Å²) in [7, 11) is 1.74. The summed E-state index contributed by atoms with van der Waals surface area (Å²) in [5.41, 5.74) is 6.80. The topological polar surface area (TPSA) is 64.2 Å². The SMILES string of the molecule is C=C(C)CN(C)C(=O)c1cn(CCN)cn1. The maximum Gasteiger partial charge on any atom is 0.274 e. The summed E-state index contributed by atoms with van der Waals surface area (Å²) in [4.78, 5) is 17.5. The normalized spacial score (nSPS) is 10.2. The van der Waals surface area contributed by atoms with Gasteiger partial charge in [0.25, 0.3) is 5.91 Å². The third-order valence-corrected chi connectivity index (χ3v) is 2.09. The Morgan fingerprint density at radius 3 is 2.94 bits per heavy atom. The molecule has 0 aromatic carbocycles. The fourth-order valence-electron chi connectivity index (χ4n) is 1.41. The van der Waals surface area contributed by atoms with Crippen LogP contribution < -0.4 is 5.73 Å². The Kier molecular flexibility index (Phi) is 4.25. The molecule has 1 amide bonds. The minimum Gasteiger partial charge on any atom is -0.336 e. The molecular weight excluding hydrogens is 204 g/mol. The largest absolute Gasteiger partial charge is 0.336 e. The van der Waals surface area contributed by atoms with Crippen LogP contribution in [0.25, 0.3) is 0 Å². The first-order chi connectivity index (χ1) is 7.54. The monoisotopic (exact) mass is 222 g/mol. The molecule has 1 rings (SSSR count). The van der Waals surface area contributed by atoms with Gasteiger partial charge in [0.1, 0.15) is 5.69 Å². The molecule has 0 spiro atoms. The van der Waals surface area contributed by atoms with Gasteiger partial charge in [0.2, 0.25) is 0 Å². The molecule has 88 valence electrons. The van der Waals surface area contributed by atoms with E-state index in [0.29, 0.717) is 25.3 Å². The molecule has 5 heteroatoms. The number of nitrogens with zero attached hydrogens (tertiary/aromatic N) is 3. The number of amides is 1. The van der Waals surface area contributed by atoms with Gasteiger partial charge in [-0.2, -0.15) is 0 Å². The third-order valence-electron chi connectivity index (χ3n) is 2.09. The van der Waals surface area contributed by atoms with Gasteiger partial charge in [0.15, 0.2) is 0 Å². The lowest BCUT2D eigenvalue weighted by atomic mass is 10.3. The first-order valence-corrected chi connectivity index (χ1v) is 5.16. The maximum atomic E-state index is 11.9. The molecule has 0 aliphatic rings. The predicted octanol–water partition coefficient (Wildman–Crippen LogP) is 0.490. The zero-order valence-electron chi connectivity index (χ0n) is 9.81. The van der Waals surface area contributed by atoms with Crippen molar-refractivity contribution in [2.45, 2.75) is 13.5 Å². The molecule has 0 radical (unpaired) electrons. The third kappa shape index (κ3) is 3.20. The summed E-state index contributed by atoms with van der Waals surface area (Å²) in [6.07, 6.45) is 3.33. The van der Waals surface area contributed by atoms with Crippen molar-refractivity contribution in [1.82, 2.24) is 14.5 Å². The van der Waals surface area contributed by atoms with Gasteiger partial charge in [-0.25, -0.2) is 4.98 Å². The summed E-state index contributed by atoms with van der Waals surface area (Å²) in [6.45, 7) is 7.40. The minimum atomic E-state index is -0.0984. The highest BCUT2D eigenvalue weighted by atomic mass is 16.2. The molecule has 5 nitrogen and oxygen atoms in total. The summed E-state index contributed by atoms with van der Waals surface area (Å²) < 4.78 is 1.81. The molecule has 1 aromatic rings. The lowest BCUT2D eigenvalue weighted by Gasteiger charge is -2.15. The van der Waals surface area contributed by atoms with E-state index in [0.717, 1.165) is 5.57 Å². The summed E-state index contributed by atoms with van der Waals surface area (Å²) in [5.74, 6) is -0.0984. The van der Waals surface area contributed by atoms with Crippen LogP contribution in [0.4, 0.5) is 0 Å². The van der Waals surface area contributed by atoms with Crippen LogP contribution in [0.1, 0.15) is 17.4 Å². The highest BCUT2D eigenvalue weighted by Crippen LogP contribution is 2.02. The van der Waals surface area contributed by atoms with E-state index in [2.05, 4.69) is 11.6 Å². The molecule has 0 unspecified atom stereocenters. The molecule has 0 saturated heterocycles. The number of nitrogens with two attached hydrogens (primary N) is 1. The Balaban J connectivity index is 2.68. The molecule has 1 heterocycles. The van der Waals surface area contributed by atoms with Crippen LogP contribution in [0, 0.1) is 0 Å². The summed E-state index contributed by atoms with van der Waals surface area (Å²) in [6, 6.07) is 0. The highest BCUT2D eigenvalue weighted by Gasteiger charge is 2.14. The van der Waals surface area contributed by atoms with Crippen LogP contribution in [0.2, 0.25) is 0 Å². The Labute approximate surface area is 95.6 Å². The predicted molar refractivity (Wildman–Crippen MR) is 63.1 cm³/mol. The van der Waals surface area contributed by atoms with Crippen molar-refractivity contribution >= 4 is 5.91 Å². The first kappa shape index (κ1) is 12.4. The van der Waals surface area contributed by atoms with Gasteiger partial charge < -0.3 is 15.2 Å². The second kappa shape index (κ2) is 5.46. The van der Waals surface area contributed by atoms with E-state index < -0.39 is 0 Å². The number of likely N-dealkylation sites (N-methyl/N-ethyl adjacent to an activating group) is 1. The average Bonchev–Trinajstić information content (AvgIpc) is 2.64. The standard InChI is InChI=1S/C11H18N4O/c1-9(2)6-14(3)11(16)10-7-15(5-4-12)8-13-10/h7-8H,1,4-6,12H2,2-3H3. The lowest BCUT2D eigenvalue weighted by Crippen LogP contribution is -2.28. The number of imidazole rings is 1. The van der Waals surface area contributed by atoms with E-state index in [9.17, 15) is 4.79 Å². The molecular formula is C11H18N4O. The zero-order chi connectivity index (χ0) is 12.1. The van der Waals surface area contributed by atoms with Crippen molar-refractivity contribution in [3.8, 4) is 0 Å². The molecule has 0 fully saturated rings. The van der Waals surface area contributed by atoms with E-state index in [-0.39, 0.29) is 5.91 Å². The average molecular weight is 222 g/mol. The smallest absolute Gasteiger partial charge is 0.274 e. The molecule has 0 bridgehead atoms. The van der Waals surface area contributed by atoms with Crippen molar-refractivity contribution < 1.29 is 4.79 Å². The highest BCUT2D eigenvalue weighted by molar-refractivity contribution is 5.92. The van der Waals surface area contributed by atoms with Crippen LogP contribution >= 0.6 is 0 Å². The Hall–Kier alpha value is -1.62. The van der Waals surface area contributed by atoms with E-state index >= 15 is 0 Å². The van der Waals surface area contributed by atoms with Gasteiger partial charge in [-0.3, -0.25) is 4.79 Å². The minimum absolute atomic E-state index is 0.0984. The van der Waals surface area contributed by atoms with Crippen LogP contribution in [-0.2, 0) is 6.54 Å². The second-order valence-corrected chi connectivity index (χ2v) is 3.90. The maximum absolute atomic E-state index is 11.9. The fraction of sp³-hybridized carbons (Fsp3) is 0.455. The van der Waals surface area contributed by atoms with Crippen LogP contribution in [-0.4, -0.2) is 40.5 Å². The molecule has 1 aromatic heterocycles. The molecule has 0 atom stereocenters. The molecule has 0 aliphatic carbocycles. The van der Waals surface area contributed by atoms with Crippen LogP contribution in [0.15, 0.2) is 24.7 Å². The van der Waals surface area contributed by atoms with E-state index in [4.69, 9.17) is 5.73 Å². The van der Waals surface area contributed by atoms with Gasteiger partial charge in [0.05, 0.1) is 6.33 Å². The van der Waals surface area contributed by atoms with Crippen molar-refractivity contribution in [1.29, 1.82) is 0 Å². The lowest BCUT2D eigenvalue weighted by molar-refractivity contribution is 0.0801. The first-order valence-electron chi connectivity index (χ1n) is 5.16. The van der Waals surface area contributed by atoms with E-state index in [1.807, 2.05) is 11.5 Å². The number of carbonyl (C=O) groups is 1. The number of hydrogen-bond donors (Lipinski definition) is 1. The van der Waals surface area contributed by atoms with Crippen LogP contribution in [0.3, 0.4) is 0 Å². The summed E-state index contributed by atoms with van der Waals surface area (Å²) in [5, 5.41) is 0. The van der Waals surface area contributed by atoms with Crippen molar-refractivity contribution in [2.24, 2.45) is 5.73 Å². The molecule has 0 saturated carbocycles. The number of hydrogen-bond acceptors (Lipinski definition) is 3. The number of rotatable bonds is 5.